The van der Waals surface area contributed by atoms with Crippen LogP contribution in [0.5, 0.6) is 0 Å². The Labute approximate surface area is 192 Å². The van der Waals surface area contributed by atoms with Crippen molar-refractivity contribution in [1.29, 1.82) is 0 Å². The van der Waals surface area contributed by atoms with Gasteiger partial charge in [-0.15, -0.1) is 0 Å². The number of hydrogen-bond donors (Lipinski definition) is 2. The molecule has 0 radical (unpaired) electrons. The van der Waals surface area contributed by atoms with Gasteiger partial charge >= 0.3 is 5.97 Å². The first-order valence-electron chi connectivity index (χ1n) is 12.3. The SMILES string of the molecule is O=C(O)[C@H]1O[C@@H](n2cnc3c(NCC4CCCCC4)ncnc32)C2OC3(CCCCC3)OC21. The van der Waals surface area contributed by atoms with Gasteiger partial charge < -0.3 is 24.6 Å². The van der Waals surface area contributed by atoms with Crippen molar-refractivity contribution in [2.45, 2.75) is 94.5 Å². The number of rotatable bonds is 5. The fraction of sp³-hybridized carbons (Fsp3) is 0.739. The molecule has 0 amide bonds. The van der Waals surface area contributed by atoms with E-state index in [0.717, 1.165) is 38.6 Å². The van der Waals surface area contributed by atoms with Crippen molar-refractivity contribution < 1.29 is 24.1 Å². The van der Waals surface area contributed by atoms with Crippen LogP contribution in [0.15, 0.2) is 12.7 Å². The summed E-state index contributed by atoms with van der Waals surface area (Å²) in [5, 5.41) is 13.3. The summed E-state index contributed by atoms with van der Waals surface area (Å²) in [5.41, 5.74) is 1.25. The number of carbonyl (C=O) groups is 1. The molecular weight excluding hydrogens is 426 g/mol. The zero-order valence-corrected chi connectivity index (χ0v) is 18.7. The van der Waals surface area contributed by atoms with Crippen LogP contribution in [0, 0.1) is 5.92 Å². The Bertz CT molecular complexity index is 1020. The van der Waals surface area contributed by atoms with Crippen LogP contribution in [-0.2, 0) is 19.0 Å². The number of imidazole rings is 1. The Balaban J connectivity index is 1.27. The van der Waals surface area contributed by atoms with E-state index in [2.05, 4.69) is 20.3 Å². The largest absolute Gasteiger partial charge is 0.479 e. The monoisotopic (exact) mass is 457 g/mol. The van der Waals surface area contributed by atoms with E-state index in [1.807, 2.05) is 0 Å². The molecule has 0 aromatic carbocycles. The fourth-order valence-electron chi connectivity index (χ4n) is 5.97. The minimum absolute atomic E-state index is 0.532. The molecule has 4 fully saturated rings. The molecule has 2 aromatic heterocycles. The molecule has 2 aliphatic heterocycles. The Morgan fingerprint density at radius 2 is 1.82 bits per heavy atom. The molecular formula is C23H31N5O5. The summed E-state index contributed by atoms with van der Waals surface area (Å²) < 4.78 is 20.4. The molecule has 33 heavy (non-hydrogen) atoms. The Hall–Kier alpha value is -2.30. The second kappa shape index (κ2) is 8.48. The maximum absolute atomic E-state index is 12.0. The third-order valence-corrected chi connectivity index (χ3v) is 7.67. The van der Waals surface area contributed by atoms with Gasteiger partial charge in [-0.3, -0.25) is 4.57 Å². The number of ether oxygens (including phenoxy) is 3. The number of carboxylic acids is 1. The first-order valence-corrected chi connectivity index (χ1v) is 12.3. The van der Waals surface area contributed by atoms with Gasteiger partial charge in [0.1, 0.15) is 18.5 Å². The maximum Gasteiger partial charge on any atom is 0.335 e. The van der Waals surface area contributed by atoms with E-state index in [-0.39, 0.29) is 0 Å². The molecule has 10 heteroatoms. The van der Waals surface area contributed by atoms with Crippen molar-refractivity contribution in [3.05, 3.63) is 12.7 Å². The predicted octanol–water partition coefficient (Wildman–Crippen LogP) is 3.24. The van der Waals surface area contributed by atoms with Gasteiger partial charge in [0.15, 0.2) is 35.1 Å². The number of fused-ring (bicyclic) bond motifs is 2. The molecule has 10 nitrogen and oxygen atoms in total. The molecule has 2 N–H and O–H groups in total. The number of aliphatic carboxylic acids is 1. The van der Waals surface area contributed by atoms with Gasteiger partial charge in [0.2, 0.25) is 0 Å². The van der Waals surface area contributed by atoms with E-state index < -0.39 is 36.3 Å². The molecule has 2 saturated heterocycles. The average Bonchev–Trinajstić information content (AvgIpc) is 3.51. The first-order chi connectivity index (χ1) is 16.1. The van der Waals surface area contributed by atoms with Crippen molar-refractivity contribution in [1.82, 2.24) is 19.5 Å². The smallest absolute Gasteiger partial charge is 0.335 e. The van der Waals surface area contributed by atoms with Crippen LogP contribution in [0.3, 0.4) is 0 Å². The molecule has 2 aliphatic carbocycles. The van der Waals surface area contributed by atoms with E-state index in [1.165, 1.54) is 38.4 Å². The van der Waals surface area contributed by atoms with Crippen LogP contribution in [0.25, 0.3) is 11.2 Å². The molecule has 2 unspecified atom stereocenters. The van der Waals surface area contributed by atoms with Crippen molar-refractivity contribution >= 4 is 23.0 Å². The van der Waals surface area contributed by atoms with Crippen molar-refractivity contribution in [3.63, 3.8) is 0 Å². The zero-order valence-electron chi connectivity index (χ0n) is 18.7. The molecule has 1 spiro atoms. The molecule has 4 atom stereocenters. The summed E-state index contributed by atoms with van der Waals surface area (Å²) in [6.07, 6.45) is 11.3. The maximum atomic E-state index is 12.0. The van der Waals surface area contributed by atoms with Gasteiger partial charge in [-0.25, -0.2) is 19.7 Å². The minimum atomic E-state index is -1.09. The van der Waals surface area contributed by atoms with Crippen molar-refractivity contribution in [2.75, 3.05) is 11.9 Å². The highest BCUT2D eigenvalue weighted by atomic mass is 16.8. The van der Waals surface area contributed by atoms with Crippen molar-refractivity contribution in [3.8, 4) is 0 Å². The van der Waals surface area contributed by atoms with Crippen molar-refractivity contribution in [2.24, 2.45) is 5.92 Å². The number of aromatic nitrogens is 4. The molecule has 2 saturated carbocycles. The summed E-state index contributed by atoms with van der Waals surface area (Å²) >= 11 is 0. The van der Waals surface area contributed by atoms with Gasteiger partial charge in [-0.05, 0) is 31.6 Å². The lowest BCUT2D eigenvalue weighted by Gasteiger charge is -2.33. The number of nitrogens with zero attached hydrogens (tertiary/aromatic N) is 4. The topological polar surface area (TPSA) is 121 Å². The molecule has 0 bridgehead atoms. The normalized spacial score (nSPS) is 31.8. The number of hydrogen-bond acceptors (Lipinski definition) is 8. The van der Waals surface area contributed by atoms with Gasteiger partial charge in [-0.1, -0.05) is 25.7 Å². The van der Waals surface area contributed by atoms with Gasteiger partial charge in [0.05, 0.1) is 6.33 Å². The highest BCUT2D eigenvalue weighted by Gasteiger charge is 2.61. The van der Waals surface area contributed by atoms with Crippen LogP contribution in [-0.4, -0.2) is 61.2 Å². The Kier molecular flexibility index (Phi) is 5.46. The first kappa shape index (κ1) is 21.2. The lowest BCUT2D eigenvalue weighted by atomic mass is 9.89. The van der Waals surface area contributed by atoms with E-state index >= 15 is 0 Å². The summed E-state index contributed by atoms with van der Waals surface area (Å²) in [7, 11) is 0. The Morgan fingerprint density at radius 1 is 1.06 bits per heavy atom. The predicted molar refractivity (Wildman–Crippen MR) is 117 cm³/mol. The standard InChI is InChI=1S/C23H31N5O5/c29-22(30)18-16-17(33-23(32-16)9-5-2-6-10-23)21(31-18)28-13-27-15-19(25-12-26-20(15)28)24-11-14-7-3-1-4-8-14/h12-14,16-18,21H,1-11H2,(H,29,30)(H,24,25,26)/t16?,17?,18-,21+/m0/s1. The number of nitrogens with one attached hydrogen (secondary N) is 1. The molecule has 4 aliphatic rings. The lowest BCUT2D eigenvalue weighted by Crippen LogP contribution is -2.38. The lowest BCUT2D eigenvalue weighted by molar-refractivity contribution is -0.231. The second-order valence-corrected chi connectivity index (χ2v) is 9.85. The van der Waals surface area contributed by atoms with Crippen LogP contribution >= 0.6 is 0 Å². The van der Waals surface area contributed by atoms with Crippen LogP contribution in [0.2, 0.25) is 0 Å². The summed E-state index contributed by atoms with van der Waals surface area (Å²) in [4.78, 5) is 25.4. The molecule has 4 heterocycles. The highest BCUT2D eigenvalue weighted by molar-refractivity contribution is 5.82. The third kappa shape index (κ3) is 3.77. The highest BCUT2D eigenvalue weighted by Crippen LogP contribution is 2.49. The van der Waals surface area contributed by atoms with E-state index in [0.29, 0.717) is 22.9 Å². The fourth-order valence-corrected chi connectivity index (χ4v) is 5.97. The average molecular weight is 458 g/mol. The summed E-state index contributed by atoms with van der Waals surface area (Å²) in [6, 6.07) is 0. The Morgan fingerprint density at radius 3 is 2.61 bits per heavy atom. The molecule has 2 aromatic rings. The number of carboxylic acid groups (broad SMARTS) is 1. The van der Waals surface area contributed by atoms with E-state index in [4.69, 9.17) is 14.2 Å². The van der Waals surface area contributed by atoms with Gasteiger partial charge in [0, 0.05) is 19.4 Å². The molecule has 178 valence electrons. The summed E-state index contributed by atoms with van der Waals surface area (Å²) in [5.74, 6) is -0.405. The van der Waals surface area contributed by atoms with Crippen LogP contribution < -0.4 is 5.32 Å². The molecule has 6 rings (SSSR count). The van der Waals surface area contributed by atoms with Gasteiger partial charge in [0.25, 0.3) is 0 Å². The minimum Gasteiger partial charge on any atom is -0.479 e. The number of anilines is 1. The quantitative estimate of drug-likeness (QED) is 0.697. The second-order valence-electron chi connectivity index (χ2n) is 9.85. The van der Waals surface area contributed by atoms with Gasteiger partial charge in [-0.2, -0.15) is 0 Å². The summed E-state index contributed by atoms with van der Waals surface area (Å²) in [6.45, 7) is 0.865. The van der Waals surface area contributed by atoms with E-state index in [9.17, 15) is 9.90 Å². The van der Waals surface area contributed by atoms with Crippen LogP contribution in [0.4, 0.5) is 5.82 Å². The third-order valence-electron chi connectivity index (χ3n) is 7.67. The van der Waals surface area contributed by atoms with E-state index in [1.54, 1.807) is 10.9 Å². The van der Waals surface area contributed by atoms with Crippen LogP contribution in [0.1, 0.15) is 70.4 Å². The zero-order chi connectivity index (χ0) is 22.4.